The highest BCUT2D eigenvalue weighted by molar-refractivity contribution is 7.92. The molecule has 0 spiro atoms. The average Bonchev–Trinajstić information content (AvgIpc) is 3.02. The van der Waals surface area contributed by atoms with Crippen molar-refractivity contribution in [2.45, 2.75) is 49.5 Å². The second-order valence-corrected chi connectivity index (χ2v) is 8.79. The first-order valence-electron chi connectivity index (χ1n) is 9.15. The van der Waals surface area contributed by atoms with E-state index in [4.69, 9.17) is 4.74 Å². The Morgan fingerprint density at radius 1 is 1.21 bits per heavy atom. The van der Waals surface area contributed by atoms with E-state index in [1.165, 1.54) is 4.68 Å². The Bertz CT molecular complexity index is 958. The van der Waals surface area contributed by atoms with Gasteiger partial charge in [-0.3, -0.25) is 9.40 Å². The Morgan fingerprint density at radius 3 is 2.36 bits per heavy atom. The lowest BCUT2D eigenvalue weighted by Crippen LogP contribution is -2.23. The Labute approximate surface area is 164 Å². The molecule has 1 fully saturated rings. The molecule has 1 aromatic heterocycles. The molecule has 0 radical (unpaired) electrons. The number of hydrogen-bond acceptors (Lipinski definition) is 5. The molecule has 1 saturated carbocycles. The highest BCUT2D eigenvalue weighted by atomic mass is 32.2. The van der Waals surface area contributed by atoms with Crippen LogP contribution >= 0.6 is 0 Å². The maximum Gasteiger partial charge on any atom is 0.357 e. The highest BCUT2D eigenvalue weighted by Crippen LogP contribution is 2.38. The van der Waals surface area contributed by atoms with E-state index in [2.05, 4.69) is 9.82 Å². The summed E-state index contributed by atoms with van der Waals surface area (Å²) in [5.74, 6) is -1.46. The van der Waals surface area contributed by atoms with Gasteiger partial charge in [-0.25, -0.2) is 13.2 Å². The van der Waals surface area contributed by atoms with E-state index >= 15 is 0 Å². The fraction of sp³-hybridized carbons (Fsp3) is 0.474. The van der Waals surface area contributed by atoms with Gasteiger partial charge in [0.05, 0.1) is 11.8 Å². The minimum Gasteiger partial charge on any atom is -0.476 e. The monoisotopic (exact) mass is 407 g/mol. The van der Waals surface area contributed by atoms with Gasteiger partial charge in [-0.15, -0.1) is 0 Å². The molecule has 0 atom stereocenters. The number of carbonyl (C=O) groups is 1. The minimum atomic E-state index is -4.13. The van der Waals surface area contributed by atoms with E-state index in [0.717, 1.165) is 18.4 Å². The van der Waals surface area contributed by atoms with Crippen LogP contribution in [0.3, 0.4) is 0 Å². The number of anilines is 1. The topological polar surface area (TPSA) is 111 Å². The van der Waals surface area contributed by atoms with Crippen molar-refractivity contribution in [2.75, 3.05) is 11.8 Å². The number of aryl methyl sites for hydroxylation is 2. The zero-order valence-corrected chi connectivity index (χ0v) is 17.0. The van der Waals surface area contributed by atoms with Gasteiger partial charge in [0, 0.05) is 25.8 Å². The average molecular weight is 407 g/mol. The first kappa shape index (κ1) is 20.3. The lowest BCUT2D eigenvalue weighted by molar-refractivity contribution is 0.0648. The number of rotatable bonds is 6. The summed E-state index contributed by atoms with van der Waals surface area (Å²) in [6.07, 6.45) is 3.15. The zero-order chi connectivity index (χ0) is 20.5. The fourth-order valence-electron chi connectivity index (χ4n) is 3.77. The third-order valence-corrected chi connectivity index (χ3v) is 6.66. The molecule has 0 bridgehead atoms. The SMILES string of the molecule is COC1CCC(c2c(S(=O)(=O)Nc3ccc(C)cc3)c(C(=O)O)nn2C)CC1. The van der Waals surface area contributed by atoms with E-state index in [0.29, 0.717) is 24.2 Å². The van der Waals surface area contributed by atoms with Gasteiger partial charge in [0.1, 0.15) is 4.90 Å². The third-order valence-electron chi connectivity index (χ3n) is 5.22. The highest BCUT2D eigenvalue weighted by Gasteiger charge is 2.36. The van der Waals surface area contributed by atoms with Crippen LogP contribution in [0.4, 0.5) is 5.69 Å². The largest absolute Gasteiger partial charge is 0.476 e. The molecule has 1 heterocycles. The molecule has 152 valence electrons. The Kier molecular flexibility index (Phi) is 5.76. The van der Waals surface area contributed by atoms with Crippen molar-refractivity contribution in [3.63, 3.8) is 0 Å². The van der Waals surface area contributed by atoms with Crippen molar-refractivity contribution in [3.05, 3.63) is 41.2 Å². The Balaban J connectivity index is 2.03. The van der Waals surface area contributed by atoms with Crippen LogP contribution in [0, 0.1) is 6.92 Å². The van der Waals surface area contributed by atoms with E-state index in [1.54, 1.807) is 38.4 Å². The maximum absolute atomic E-state index is 13.2. The minimum absolute atomic E-state index is 0.0957. The number of benzene rings is 1. The molecular weight excluding hydrogens is 382 g/mol. The molecule has 1 aliphatic carbocycles. The number of methoxy groups -OCH3 is 1. The van der Waals surface area contributed by atoms with E-state index in [9.17, 15) is 18.3 Å². The molecule has 1 aliphatic rings. The summed E-state index contributed by atoms with van der Waals surface area (Å²) >= 11 is 0. The molecule has 0 amide bonds. The molecular formula is C19H25N3O5S. The van der Waals surface area contributed by atoms with Crippen LogP contribution in [0.25, 0.3) is 0 Å². The number of nitrogens with zero attached hydrogens (tertiary/aromatic N) is 2. The lowest BCUT2D eigenvalue weighted by Gasteiger charge is -2.28. The Hall–Kier alpha value is -2.39. The first-order chi connectivity index (χ1) is 13.2. The van der Waals surface area contributed by atoms with Crippen LogP contribution in [0.5, 0.6) is 0 Å². The predicted octanol–water partition coefficient (Wildman–Crippen LogP) is 2.90. The molecule has 3 rings (SSSR count). The van der Waals surface area contributed by atoms with Gasteiger partial charge in [0.15, 0.2) is 5.69 Å². The van der Waals surface area contributed by atoms with Gasteiger partial charge in [-0.05, 0) is 44.7 Å². The van der Waals surface area contributed by atoms with Gasteiger partial charge in [0.25, 0.3) is 10.0 Å². The molecule has 28 heavy (non-hydrogen) atoms. The normalized spacial score (nSPS) is 20.1. The first-order valence-corrected chi connectivity index (χ1v) is 10.6. The molecule has 8 nitrogen and oxygen atoms in total. The predicted molar refractivity (Wildman–Crippen MR) is 104 cm³/mol. The zero-order valence-electron chi connectivity index (χ0n) is 16.2. The molecule has 1 aromatic carbocycles. The van der Waals surface area contributed by atoms with E-state index < -0.39 is 21.7 Å². The second-order valence-electron chi connectivity index (χ2n) is 7.17. The standard InChI is InChI=1S/C19H25N3O5S/c1-12-4-8-14(9-5-12)21-28(25,26)18-16(19(23)24)20-22(2)17(18)13-6-10-15(27-3)11-7-13/h4-5,8-9,13,15,21H,6-7,10-11H2,1-3H3,(H,23,24). The van der Waals surface area contributed by atoms with Gasteiger partial charge >= 0.3 is 5.97 Å². The Morgan fingerprint density at radius 2 is 1.82 bits per heavy atom. The third kappa shape index (κ3) is 4.05. The number of carboxylic acids is 1. The second kappa shape index (κ2) is 7.92. The summed E-state index contributed by atoms with van der Waals surface area (Å²) in [5.41, 5.74) is 1.35. The van der Waals surface area contributed by atoms with Crippen LogP contribution < -0.4 is 4.72 Å². The summed E-state index contributed by atoms with van der Waals surface area (Å²) < 4.78 is 35.6. The van der Waals surface area contributed by atoms with Gasteiger partial charge in [0.2, 0.25) is 0 Å². The number of hydrogen-bond donors (Lipinski definition) is 2. The maximum atomic E-state index is 13.2. The van der Waals surface area contributed by atoms with Crippen LogP contribution in [0.15, 0.2) is 29.2 Å². The number of ether oxygens (including phenoxy) is 1. The van der Waals surface area contributed by atoms with Crippen LogP contribution in [0.1, 0.15) is 53.3 Å². The molecule has 0 unspecified atom stereocenters. The summed E-state index contributed by atoms with van der Waals surface area (Å²) in [6.45, 7) is 1.90. The molecule has 0 saturated heterocycles. The summed E-state index contributed by atoms with van der Waals surface area (Å²) in [4.78, 5) is 11.5. The number of carboxylic acid groups (broad SMARTS) is 1. The quantitative estimate of drug-likeness (QED) is 0.762. The van der Waals surface area contributed by atoms with Crippen molar-refractivity contribution in [1.29, 1.82) is 0 Å². The van der Waals surface area contributed by atoms with Crippen molar-refractivity contribution >= 4 is 21.7 Å². The van der Waals surface area contributed by atoms with E-state index in [1.807, 2.05) is 6.92 Å². The van der Waals surface area contributed by atoms with Crippen molar-refractivity contribution in [2.24, 2.45) is 7.05 Å². The van der Waals surface area contributed by atoms with Crippen LogP contribution in [-0.2, 0) is 21.8 Å². The summed E-state index contributed by atoms with van der Waals surface area (Å²) in [7, 11) is -0.868. The number of aromatic carboxylic acids is 1. The fourth-order valence-corrected chi connectivity index (χ4v) is 5.28. The van der Waals surface area contributed by atoms with Gasteiger partial charge < -0.3 is 9.84 Å². The molecule has 2 N–H and O–H groups in total. The van der Waals surface area contributed by atoms with Crippen molar-refractivity contribution in [1.82, 2.24) is 9.78 Å². The summed E-state index contributed by atoms with van der Waals surface area (Å²) in [6, 6.07) is 6.86. The van der Waals surface area contributed by atoms with Crippen LogP contribution in [0.2, 0.25) is 0 Å². The van der Waals surface area contributed by atoms with Crippen molar-refractivity contribution in [3.8, 4) is 0 Å². The lowest BCUT2D eigenvalue weighted by atomic mass is 9.85. The summed E-state index contributed by atoms with van der Waals surface area (Å²) in [5, 5.41) is 13.6. The number of aromatic nitrogens is 2. The molecule has 9 heteroatoms. The van der Waals surface area contributed by atoms with Crippen molar-refractivity contribution < 1.29 is 23.1 Å². The molecule has 0 aliphatic heterocycles. The van der Waals surface area contributed by atoms with E-state index in [-0.39, 0.29) is 16.9 Å². The van der Waals surface area contributed by atoms with Crippen LogP contribution in [-0.4, -0.2) is 42.5 Å². The molecule has 2 aromatic rings. The van der Waals surface area contributed by atoms with Gasteiger partial charge in [-0.1, -0.05) is 17.7 Å². The smallest absolute Gasteiger partial charge is 0.357 e. The van der Waals surface area contributed by atoms with Gasteiger partial charge in [-0.2, -0.15) is 5.10 Å². The number of nitrogens with one attached hydrogen (secondary N) is 1. The number of sulfonamides is 1.